The molecular weight excluding hydrogens is 162 g/mol. The van der Waals surface area contributed by atoms with Crippen LogP contribution in [0.1, 0.15) is 13.8 Å². The van der Waals surface area contributed by atoms with Crippen LogP contribution in [0.4, 0.5) is 0 Å². The van der Waals surface area contributed by atoms with Crippen molar-refractivity contribution in [3.8, 4) is 0 Å². The fourth-order valence-electron chi connectivity index (χ4n) is 0.249. The SMILES string of the molecule is CC(=O)CNC(C)=O.[Fe]. The number of amides is 1. The molecule has 0 aromatic carbocycles. The van der Waals surface area contributed by atoms with Crippen molar-refractivity contribution in [1.82, 2.24) is 5.32 Å². The second-order valence-corrected chi connectivity index (χ2v) is 1.61. The zero-order valence-corrected chi connectivity index (χ0v) is 6.48. The normalized spacial score (nSPS) is 7.33. The number of hydrogen-bond donors (Lipinski definition) is 1. The molecule has 9 heavy (non-hydrogen) atoms. The Labute approximate surface area is 64.7 Å². The summed E-state index contributed by atoms with van der Waals surface area (Å²) in [6, 6.07) is 0. The molecule has 0 unspecified atom stereocenters. The molecule has 0 rings (SSSR count). The van der Waals surface area contributed by atoms with E-state index in [4.69, 9.17) is 0 Å². The molecule has 0 aliphatic carbocycles. The van der Waals surface area contributed by atoms with Gasteiger partial charge in [-0.2, -0.15) is 0 Å². The molecule has 0 heterocycles. The number of rotatable bonds is 2. The molecule has 0 spiro atoms. The van der Waals surface area contributed by atoms with Gasteiger partial charge < -0.3 is 5.32 Å². The smallest absolute Gasteiger partial charge is 0.217 e. The van der Waals surface area contributed by atoms with Crippen LogP contribution in [-0.4, -0.2) is 18.2 Å². The maximum Gasteiger partial charge on any atom is 0.217 e. The summed E-state index contributed by atoms with van der Waals surface area (Å²) in [7, 11) is 0. The van der Waals surface area contributed by atoms with E-state index in [0.717, 1.165) is 0 Å². The molecule has 0 aliphatic rings. The quantitative estimate of drug-likeness (QED) is 0.580. The monoisotopic (exact) mass is 171 g/mol. The van der Waals surface area contributed by atoms with Crippen LogP contribution < -0.4 is 5.32 Å². The molecule has 1 N–H and O–H groups in total. The third kappa shape index (κ3) is 11.3. The van der Waals surface area contributed by atoms with Gasteiger partial charge in [-0.05, 0) is 6.92 Å². The molecule has 1 amide bonds. The summed E-state index contributed by atoms with van der Waals surface area (Å²) >= 11 is 0. The summed E-state index contributed by atoms with van der Waals surface area (Å²) in [5.74, 6) is -0.194. The van der Waals surface area contributed by atoms with Crippen LogP contribution in [0, 0.1) is 0 Å². The predicted octanol–water partition coefficient (Wildman–Crippen LogP) is -0.291. The van der Waals surface area contributed by atoms with E-state index in [9.17, 15) is 9.59 Å². The summed E-state index contributed by atoms with van der Waals surface area (Å²) in [5, 5.41) is 2.36. The number of carbonyl (C=O) groups is 2. The Hall–Kier alpha value is -0.341. The van der Waals surface area contributed by atoms with Crippen molar-refractivity contribution in [2.24, 2.45) is 0 Å². The fourth-order valence-corrected chi connectivity index (χ4v) is 0.249. The summed E-state index contributed by atoms with van der Waals surface area (Å²) < 4.78 is 0. The van der Waals surface area contributed by atoms with Gasteiger partial charge in [-0.1, -0.05) is 0 Å². The largest absolute Gasteiger partial charge is 0.349 e. The van der Waals surface area contributed by atoms with E-state index < -0.39 is 0 Å². The Kier molecular flexibility index (Phi) is 7.37. The van der Waals surface area contributed by atoms with E-state index in [1.165, 1.54) is 13.8 Å². The standard InChI is InChI=1S/C5H9NO2.Fe/c1-4(7)3-6-5(2)8;/h3H2,1-2H3,(H,6,8);. The van der Waals surface area contributed by atoms with Crippen molar-refractivity contribution < 1.29 is 26.7 Å². The molecule has 0 bridgehead atoms. The van der Waals surface area contributed by atoms with Crippen molar-refractivity contribution in [2.75, 3.05) is 6.54 Å². The summed E-state index contributed by atoms with van der Waals surface area (Å²) in [4.78, 5) is 20.2. The minimum absolute atomic E-state index is 0. The van der Waals surface area contributed by atoms with E-state index in [-0.39, 0.29) is 35.3 Å². The van der Waals surface area contributed by atoms with Crippen LogP contribution in [0.5, 0.6) is 0 Å². The van der Waals surface area contributed by atoms with Gasteiger partial charge in [-0.3, -0.25) is 9.59 Å². The maximum absolute atomic E-state index is 10.1. The van der Waals surface area contributed by atoms with Crippen molar-refractivity contribution >= 4 is 11.7 Å². The van der Waals surface area contributed by atoms with Gasteiger partial charge in [0.2, 0.25) is 5.91 Å². The molecule has 0 atom stereocenters. The molecule has 0 aliphatic heterocycles. The first kappa shape index (κ1) is 11.5. The molecule has 0 saturated carbocycles. The van der Waals surface area contributed by atoms with Crippen molar-refractivity contribution in [2.45, 2.75) is 13.8 Å². The third-order valence-electron chi connectivity index (χ3n) is 0.586. The first-order valence-electron chi connectivity index (χ1n) is 2.37. The van der Waals surface area contributed by atoms with Gasteiger partial charge in [-0.25, -0.2) is 0 Å². The molecule has 54 valence electrons. The van der Waals surface area contributed by atoms with Crippen molar-refractivity contribution in [3.05, 3.63) is 0 Å². The number of hydrogen-bond acceptors (Lipinski definition) is 2. The Morgan fingerprint density at radius 2 is 1.78 bits per heavy atom. The summed E-state index contributed by atoms with van der Waals surface area (Å²) in [6.45, 7) is 2.95. The van der Waals surface area contributed by atoms with Gasteiger partial charge in [0, 0.05) is 24.0 Å². The van der Waals surface area contributed by atoms with Crippen LogP contribution in [-0.2, 0) is 26.7 Å². The molecule has 0 fully saturated rings. The minimum atomic E-state index is -0.166. The zero-order valence-electron chi connectivity index (χ0n) is 5.38. The Bertz CT molecular complexity index is 99.5. The van der Waals surface area contributed by atoms with Crippen LogP contribution in [0.25, 0.3) is 0 Å². The first-order valence-corrected chi connectivity index (χ1v) is 2.37. The third-order valence-corrected chi connectivity index (χ3v) is 0.586. The second-order valence-electron chi connectivity index (χ2n) is 1.61. The van der Waals surface area contributed by atoms with Gasteiger partial charge in [0.05, 0.1) is 6.54 Å². The van der Waals surface area contributed by atoms with Gasteiger partial charge in [0.25, 0.3) is 0 Å². The molecule has 3 nitrogen and oxygen atoms in total. The molecule has 0 aromatic heterocycles. The Morgan fingerprint density at radius 1 is 1.33 bits per heavy atom. The van der Waals surface area contributed by atoms with Gasteiger partial charge in [0.1, 0.15) is 5.78 Å². The molecule has 0 radical (unpaired) electrons. The van der Waals surface area contributed by atoms with E-state index in [1.54, 1.807) is 0 Å². The molecule has 0 aromatic rings. The average Bonchev–Trinajstić information content (AvgIpc) is 1.61. The van der Waals surface area contributed by atoms with Crippen LogP contribution in [0.2, 0.25) is 0 Å². The van der Waals surface area contributed by atoms with E-state index in [2.05, 4.69) is 5.32 Å². The molecular formula is C5H9FeNO2. The zero-order chi connectivity index (χ0) is 6.57. The van der Waals surface area contributed by atoms with Gasteiger partial charge >= 0.3 is 0 Å². The number of carbonyl (C=O) groups excluding carboxylic acids is 2. The fraction of sp³-hybridized carbons (Fsp3) is 0.600. The van der Waals surface area contributed by atoms with E-state index >= 15 is 0 Å². The van der Waals surface area contributed by atoms with E-state index in [0.29, 0.717) is 0 Å². The molecule has 0 saturated heterocycles. The predicted molar refractivity (Wildman–Crippen MR) is 29.4 cm³/mol. The van der Waals surface area contributed by atoms with Crippen molar-refractivity contribution in [3.63, 3.8) is 0 Å². The summed E-state index contributed by atoms with van der Waals surface area (Å²) in [6.07, 6.45) is 0. The average molecular weight is 171 g/mol. The minimum Gasteiger partial charge on any atom is -0.349 e. The van der Waals surface area contributed by atoms with Crippen LogP contribution in [0.15, 0.2) is 0 Å². The topological polar surface area (TPSA) is 46.2 Å². The van der Waals surface area contributed by atoms with Gasteiger partial charge in [0.15, 0.2) is 0 Å². The van der Waals surface area contributed by atoms with Crippen LogP contribution >= 0.6 is 0 Å². The first-order chi connectivity index (χ1) is 3.63. The van der Waals surface area contributed by atoms with E-state index in [1.807, 2.05) is 0 Å². The maximum atomic E-state index is 10.1. The van der Waals surface area contributed by atoms with Crippen LogP contribution in [0.3, 0.4) is 0 Å². The Balaban J connectivity index is 0. The number of ketones is 1. The molecule has 4 heteroatoms. The summed E-state index contributed by atoms with van der Waals surface area (Å²) in [5.41, 5.74) is 0. The second kappa shape index (κ2) is 5.79. The van der Waals surface area contributed by atoms with Crippen molar-refractivity contribution in [1.29, 1.82) is 0 Å². The Morgan fingerprint density at radius 3 is 1.89 bits per heavy atom. The number of nitrogens with one attached hydrogen (secondary N) is 1. The number of Topliss-reactive ketones (excluding diaryl/α,β-unsaturated/α-hetero) is 1. The van der Waals surface area contributed by atoms with Gasteiger partial charge in [-0.15, -0.1) is 0 Å².